The smallest absolute Gasteiger partial charge is 0.0911 e. The van der Waals surface area contributed by atoms with E-state index >= 15 is 0 Å². The molecule has 0 nitrogen and oxygen atoms in total. The second-order valence-electron chi connectivity index (χ2n) is 13.2. The van der Waals surface area contributed by atoms with Gasteiger partial charge in [0.1, 0.15) is 0 Å². The molecule has 50 heavy (non-hydrogen) atoms. The predicted octanol–water partition coefficient (Wildman–Crippen LogP) is 11.1. The molecule has 0 spiro atoms. The third kappa shape index (κ3) is 4.87. The van der Waals surface area contributed by atoms with Crippen LogP contribution in [0.4, 0.5) is 0 Å². The van der Waals surface area contributed by atoms with Gasteiger partial charge in [0.05, 0.1) is 0 Å². The minimum atomic E-state index is 0.247. The average Bonchev–Trinajstić information content (AvgIpc) is 3.20. The molecule has 0 atom stereocenters. The predicted molar refractivity (Wildman–Crippen MR) is 217 cm³/mol. The van der Waals surface area contributed by atoms with Gasteiger partial charge in [0.2, 0.25) is 6.71 Å². The molecule has 2 heteroatoms. The van der Waals surface area contributed by atoms with Crippen molar-refractivity contribution in [2.24, 2.45) is 0 Å². The Labute approximate surface area is 297 Å². The van der Waals surface area contributed by atoms with Gasteiger partial charge in [-0.15, -0.1) is 0 Å². The first-order valence-corrected chi connectivity index (χ1v) is 18.1. The molecule has 0 aromatic heterocycles. The van der Waals surface area contributed by atoms with Gasteiger partial charge in [-0.1, -0.05) is 198 Å². The average molecular weight is 651 g/mol. The number of fused-ring (bicyclic) bond motifs is 8. The van der Waals surface area contributed by atoms with Crippen LogP contribution in [0.2, 0.25) is 0 Å². The van der Waals surface area contributed by atoms with Gasteiger partial charge in [-0.3, -0.25) is 0 Å². The molecule has 0 bridgehead atoms. The number of hydrogen-bond acceptors (Lipinski definition) is 1. The SMILES string of the molecule is c1ccc(B2c3ccccc3Sc3cc(-c4ccc(-c5ccc(-c6ccc7c8ccccc8c8ccccc8c7c6)cc5)cc4)ccc32)cc1. The molecule has 0 saturated carbocycles. The third-order valence-electron chi connectivity index (χ3n) is 10.4. The summed E-state index contributed by atoms with van der Waals surface area (Å²) < 4.78 is 0. The van der Waals surface area contributed by atoms with Crippen molar-refractivity contribution in [1.29, 1.82) is 0 Å². The third-order valence-corrected chi connectivity index (χ3v) is 11.6. The molecular formula is C48H31BS. The lowest BCUT2D eigenvalue weighted by Crippen LogP contribution is -2.55. The molecule has 232 valence electrons. The number of hydrogen-bond donors (Lipinski definition) is 0. The lowest BCUT2D eigenvalue weighted by atomic mass is 9.36. The minimum absolute atomic E-state index is 0.247. The van der Waals surface area contributed by atoms with Crippen LogP contribution in [0.5, 0.6) is 0 Å². The Balaban J connectivity index is 0.949. The van der Waals surface area contributed by atoms with Crippen LogP contribution in [-0.2, 0) is 0 Å². The summed E-state index contributed by atoms with van der Waals surface area (Å²) in [6, 6.07) is 69.3. The number of benzene rings is 9. The zero-order valence-electron chi connectivity index (χ0n) is 27.4. The molecule has 0 aliphatic carbocycles. The lowest BCUT2D eigenvalue weighted by Gasteiger charge is -2.26. The maximum Gasteiger partial charge on any atom is 0.244 e. The van der Waals surface area contributed by atoms with Crippen LogP contribution in [-0.4, -0.2) is 6.71 Å². The Kier molecular flexibility index (Phi) is 6.96. The highest BCUT2D eigenvalue weighted by molar-refractivity contribution is 8.00. The molecule has 1 aliphatic rings. The van der Waals surface area contributed by atoms with Gasteiger partial charge in [0, 0.05) is 9.79 Å². The second-order valence-corrected chi connectivity index (χ2v) is 14.3. The van der Waals surface area contributed by atoms with Crippen molar-refractivity contribution in [1.82, 2.24) is 0 Å². The molecule has 9 aromatic rings. The van der Waals surface area contributed by atoms with E-state index in [-0.39, 0.29) is 6.71 Å². The van der Waals surface area contributed by atoms with Gasteiger partial charge in [0.15, 0.2) is 0 Å². The standard InChI is InChI=1S/C48H31BS/c1-2-10-38(11-3-1)49-45-16-8-9-17-47(45)50-48-31-37(27-29-46(48)49)35-24-20-33(21-25-35)32-18-22-34(23-19-32)36-26-28-43-41-14-5-4-12-39(41)40-13-6-7-15-42(40)44(43)30-36/h1-31H. The highest BCUT2D eigenvalue weighted by Crippen LogP contribution is 2.38. The molecular weight excluding hydrogens is 619 g/mol. The van der Waals surface area contributed by atoms with E-state index in [1.54, 1.807) is 0 Å². The first-order valence-electron chi connectivity index (χ1n) is 17.3. The van der Waals surface area contributed by atoms with Crippen LogP contribution in [0.15, 0.2) is 198 Å². The van der Waals surface area contributed by atoms with Gasteiger partial charge >= 0.3 is 0 Å². The topological polar surface area (TPSA) is 0 Å². The molecule has 0 N–H and O–H groups in total. The lowest BCUT2D eigenvalue weighted by molar-refractivity contribution is 1.43. The van der Waals surface area contributed by atoms with Crippen molar-refractivity contribution in [3.8, 4) is 33.4 Å². The summed E-state index contributed by atoms with van der Waals surface area (Å²) in [7, 11) is 0. The van der Waals surface area contributed by atoms with Crippen molar-refractivity contribution < 1.29 is 0 Å². The molecule has 0 fully saturated rings. The Morgan fingerprint density at radius 1 is 0.280 bits per heavy atom. The summed E-state index contributed by atoms with van der Waals surface area (Å²) >= 11 is 1.89. The maximum atomic E-state index is 2.38. The van der Waals surface area contributed by atoms with Gasteiger partial charge < -0.3 is 0 Å². The Hall–Kier alpha value is -5.83. The second kappa shape index (κ2) is 11.9. The van der Waals surface area contributed by atoms with Crippen LogP contribution in [0.3, 0.4) is 0 Å². The highest BCUT2D eigenvalue weighted by atomic mass is 32.2. The van der Waals surface area contributed by atoms with E-state index in [9.17, 15) is 0 Å². The highest BCUT2D eigenvalue weighted by Gasteiger charge is 2.31. The van der Waals surface area contributed by atoms with E-state index < -0.39 is 0 Å². The molecule has 9 aromatic carbocycles. The molecule has 0 amide bonds. The Morgan fingerprint density at radius 2 is 0.700 bits per heavy atom. The summed E-state index contributed by atoms with van der Waals surface area (Å²) in [4.78, 5) is 2.68. The van der Waals surface area contributed by atoms with Crippen LogP contribution < -0.4 is 16.4 Å². The zero-order valence-corrected chi connectivity index (χ0v) is 28.2. The fraction of sp³-hybridized carbons (Fsp3) is 0. The van der Waals surface area contributed by atoms with Gasteiger partial charge in [0.25, 0.3) is 0 Å². The van der Waals surface area contributed by atoms with Crippen LogP contribution in [0.25, 0.3) is 65.7 Å². The van der Waals surface area contributed by atoms with Crippen molar-refractivity contribution in [2.75, 3.05) is 0 Å². The molecule has 0 unspecified atom stereocenters. The van der Waals surface area contributed by atoms with E-state index in [0.717, 1.165) is 0 Å². The van der Waals surface area contributed by atoms with Gasteiger partial charge in [-0.05, 0) is 83.9 Å². The van der Waals surface area contributed by atoms with Gasteiger partial charge in [-0.25, -0.2) is 0 Å². The largest absolute Gasteiger partial charge is 0.244 e. The van der Waals surface area contributed by atoms with E-state index in [4.69, 9.17) is 0 Å². The molecule has 1 heterocycles. The fourth-order valence-electron chi connectivity index (χ4n) is 7.94. The zero-order chi connectivity index (χ0) is 33.0. The van der Waals surface area contributed by atoms with E-state index in [1.807, 2.05) is 11.8 Å². The van der Waals surface area contributed by atoms with Crippen molar-refractivity contribution in [2.45, 2.75) is 9.79 Å². The molecule has 0 radical (unpaired) electrons. The maximum absolute atomic E-state index is 2.38. The van der Waals surface area contributed by atoms with Crippen LogP contribution in [0, 0.1) is 0 Å². The van der Waals surface area contributed by atoms with Crippen molar-refractivity contribution in [3.05, 3.63) is 188 Å². The van der Waals surface area contributed by atoms with E-state index in [2.05, 4.69) is 188 Å². The normalized spacial score (nSPS) is 12.3. The Bertz CT molecular complexity index is 2680. The minimum Gasteiger partial charge on any atom is -0.0911 e. The fourth-order valence-corrected chi connectivity index (χ4v) is 9.12. The Morgan fingerprint density at radius 3 is 1.32 bits per heavy atom. The summed E-state index contributed by atoms with van der Waals surface area (Å²) in [5.41, 5.74) is 11.5. The van der Waals surface area contributed by atoms with E-state index in [0.29, 0.717) is 0 Å². The van der Waals surface area contributed by atoms with Crippen molar-refractivity contribution in [3.63, 3.8) is 0 Å². The molecule has 0 saturated heterocycles. The summed E-state index contributed by atoms with van der Waals surface area (Å²) in [6.07, 6.45) is 0. The first-order chi connectivity index (χ1) is 24.8. The van der Waals surface area contributed by atoms with Crippen LogP contribution >= 0.6 is 11.8 Å². The quantitative estimate of drug-likeness (QED) is 0.135. The van der Waals surface area contributed by atoms with Crippen molar-refractivity contribution >= 4 is 67.2 Å². The molecule has 10 rings (SSSR count). The first kappa shape index (κ1) is 29.1. The monoisotopic (exact) mass is 650 g/mol. The summed E-state index contributed by atoms with van der Waals surface area (Å²) in [5, 5.41) is 7.84. The number of rotatable bonds is 4. The molecule has 1 aliphatic heterocycles. The summed E-state index contributed by atoms with van der Waals surface area (Å²) in [6.45, 7) is 0.247. The van der Waals surface area contributed by atoms with Crippen LogP contribution in [0.1, 0.15) is 0 Å². The summed E-state index contributed by atoms with van der Waals surface area (Å²) in [5.74, 6) is 0. The van der Waals surface area contributed by atoms with E-state index in [1.165, 1.54) is 91.9 Å². The van der Waals surface area contributed by atoms with Gasteiger partial charge in [-0.2, -0.15) is 0 Å².